The Hall–Kier alpha value is -2.33. The number of phenolic OH excluding ortho intramolecular Hbond substituents is 1. The summed E-state index contributed by atoms with van der Waals surface area (Å²) in [5.74, 6) is 1.18. The molecule has 2 aromatic carbocycles. The highest BCUT2D eigenvalue weighted by atomic mass is 16.3. The monoisotopic (exact) mass is 309 g/mol. The van der Waals surface area contributed by atoms with Gasteiger partial charge in [-0.05, 0) is 38.5 Å². The van der Waals surface area contributed by atoms with E-state index >= 15 is 0 Å². The third-order valence-corrected chi connectivity index (χ3v) is 4.25. The van der Waals surface area contributed by atoms with Crippen molar-refractivity contribution < 1.29 is 5.11 Å². The predicted octanol–water partition coefficient (Wildman–Crippen LogP) is 4.24. The van der Waals surface area contributed by atoms with Crippen molar-refractivity contribution in [2.75, 3.05) is 0 Å². The number of phenols is 1. The molecule has 2 N–H and O–H groups in total. The van der Waals surface area contributed by atoms with Gasteiger partial charge in [-0.3, -0.25) is 4.90 Å². The summed E-state index contributed by atoms with van der Waals surface area (Å²) in [5, 5.41) is 9.61. The Morgan fingerprint density at radius 2 is 1.83 bits per heavy atom. The number of imidazole rings is 1. The maximum atomic E-state index is 9.61. The van der Waals surface area contributed by atoms with E-state index in [1.165, 1.54) is 5.56 Å². The molecular weight excluding hydrogens is 286 g/mol. The van der Waals surface area contributed by atoms with Crippen molar-refractivity contribution in [3.05, 3.63) is 59.9 Å². The lowest BCUT2D eigenvalue weighted by Gasteiger charge is -2.31. The molecule has 4 heteroatoms. The summed E-state index contributed by atoms with van der Waals surface area (Å²) < 4.78 is 0. The summed E-state index contributed by atoms with van der Waals surface area (Å²) in [7, 11) is 0. The highest BCUT2D eigenvalue weighted by molar-refractivity contribution is 5.76. The molecule has 0 spiro atoms. The summed E-state index contributed by atoms with van der Waals surface area (Å²) in [6.07, 6.45) is 0. The number of rotatable bonds is 5. The molecular formula is C19H23N3O. The predicted molar refractivity (Wildman–Crippen MR) is 93.3 cm³/mol. The van der Waals surface area contributed by atoms with Gasteiger partial charge < -0.3 is 10.1 Å². The molecule has 3 rings (SSSR count). The minimum atomic E-state index is 0.157. The Morgan fingerprint density at radius 1 is 1.09 bits per heavy atom. The number of hydrogen-bond donors (Lipinski definition) is 2. The van der Waals surface area contributed by atoms with Gasteiger partial charge in [0.1, 0.15) is 11.6 Å². The number of benzene rings is 2. The van der Waals surface area contributed by atoms with Gasteiger partial charge in [0.25, 0.3) is 0 Å². The normalized spacial score (nSPS) is 13.1. The largest absolute Gasteiger partial charge is 0.508 e. The van der Waals surface area contributed by atoms with Crippen LogP contribution in [-0.2, 0) is 6.54 Å². The topological polar surface area (TPSA) is 52.1 Å². The fourth-order valence-electron chi connectivity index (χ4n) is 2.93. The maximum Gasteiger partial charge on any atom is 0.124 e. The lowest BCUT2D eigenvalue weighted by atomic mass is 10.1. The van der Waals surface area contributed by atoms with Crippen LogP contribution >= 0.6 is 0 Å². The molecule has 1 aromatic heterocycles. The van der Waals surface area contributed by atoms with Crippen molar-refractivity contribution in [2.24, 2.45) is 0 Å². The van der Waals surface area contributed by atoms with E-state index in [1.54, 1.807) is 12.1 Å². The van der Waals surface area contributed by atoms with Gasteiger partial charge in [0.15, 0.2) is 0 Å². The average molecular weight is 309 g/mol. The molecule has 0 aliphatic heterocycles. The van der Waals surface area contributed by atoms with E-state index in [1.807, 2.05) is 12.1 Å². The molecule has 120 valence electrons. The number of aromatic amines is 1. The summed E-state index contributed by atoms with van der Waals surface area (Å²) in [6, 6.07) is 16.3. The molecule has 0 fully saturated rings. The molecule has 1 atom stereocenters. The fourth-order valence-corrected chi connectivity index (χ4v) is 2.93. The van der Waals surface area contributed by atoms with Crippen molar-refractivity contribution in [3.63, 3.8) is 0 Å². The lowest BCUT2D eigenvalue weighted by molar-refractivity contribution is 0.150. The molecule has 0 saturated heterocycles. The lowest BCUT2D eigenvalue weighted by Crippen LogP contribution is -2.33. The minimum absolute atomic E-state index is 0.157. The number of fused-ring (bicyclic) bond motifs is 1. The number of H-pyrrole nitrogens is 1. The zero-order valence-electron chi connectivity index (χ0n) is 13.8. The minimum Gasteiger partial charge on any atom is -0.508 e. The van der Waals surface area contributed by atoms with Crippen molar-refractivity contribution in [1.29, 1.82) is 0 Å². The van der Waals surface area contributed by atoms with E-state index in [-0.39, 0.29) is 11.8 Å². The van der Waals surface area contributed by atoms with E-state index < -0.39 is 0 Å². The van der Waals surface area contributed by atoms with Crippen LogP contribution < -0.4 is 0 Å². The Labute approximate surface area is 136 Å². The van der Waals surface area contributed by atoms with Crippen LogP contribution in [0.15, 0.2) is 48.5 Å². The standard InChI is InChI=1S/C19H23N3O/c1-13(2)22(12-15-7-5-4-6-8-15)14(3)19-20-17-10-9-16(23)11-18(17)21-19/h4-11,13-14,23H,12H2,1-3H3,(H,20,21). The fraction of sp³-hybridized carbons (Fsp3) is 0.316. The summed E-state index contributed by atoms with van der Waals surface area (Å²) in [4.78, 5) is 10.4. The SMILES string of the molecule is CC(C)N(Cc1ccccc1)C(C)c1nc2ccc(O)cc2[nH]1. The Balaban J connectivity index is 1.88. The molecule has 3 aromatic rings. The molecule has 0 aliphatic rings. The van der Waals surface area contributed by atoms with E-state index in [0.717, 1.165) is 23.4 Å². The molecule has 0 saturated carbocycles. The maximum absolute atomic E-state index is 9.61. The highest BCUT2D eigenvalue weighted by Gasteiger charge is 2.22. The van der Waals surface area contributed by atoms with Crippen molar-refractivity contribution in [1.82, 2.24) is 14.9 Å². The van der Waals surface area contributed by atoms with Crippen LogP contribution in [0, 0.1) is 0 Å². The summed E-state index contributed by atoms with van der Waals surface area (Å²) >= 11 is 0. The molecule has 0 amide bonds. The first kappa shape index (κ1) is 15.6. The van der Waals surface area contributed by atoms with Gasteiger partial charge in [0.2, 0.25) is 0 Å². The van der Waals surface area contributed by atoms with E-state index in [2.05, 4.69) is 54.9 Å². The van der Waals surface area contributed by atoms with Crippen molar-refractivity contribution in [3.8, 4) is 5.75 Å². The van der Waals surface area contributed by atoms with Crippen LogP contribution in [0.25, 0.3) is 11.0 Å². The van der Waals surface area contributed by atoms with Crippen molar-refractivity contribution >= 4 is 11.0 Å². The van der Waals surface area contributed by atoms with Crippen LogP contribution in [-0.4, -0.2) is 26.0 Å². The van der Waals surface area contributed by atoms with Crippen LogP contribution in [0.5, 0.6) is 5.75 Å². The molecule has 0 aliphatic carbocycles. The number of nitrogens with one attached hydrogen (secondary N) is 1. The van der Waals surface area contributed by atoms with Crippen molar-refractivity contribution in [2.45, 2.75) is 39.4 Å². The first-order valence-electron chi connectivity index (χ1n) is 8.03. The average Bonchev–Trinajstić information content (AvgIpc) is 2.95. The molecule has 0 radical (unpaired) electrons. The van der Waals surface area contributed by atoms with Crippen LogP contribution in [0.3, 0.4) is 0 Å². The van der Waals surface area contributed by atoms with Gasteiger partial charge in [0, 0.05) is 18.7 Å². The molecule has 4 nitrogen and oxygen atoms in total. The molecule has 0 bridgehead atoms. The number of aromatic nitrogens is 2. The van der Waals surface area contributed by atoms with Crippen LogP contribution in [0.2, 0.25) is 0 Å². The quantitative estimate of drug-likeness (QED) is 0.741. The Morgan fingerprint density at radius 3 is 2.52 bits per heavy atom. The Kier molecular flexibility index (Phi) is 4.35. The van der Waals surface area contributed by atoms with Gasteiger partial charge in [-0.1, -0.05) is 30.3 Å². The zero-order valence-corrected chi connectivity index (χ0v) is 13.8. The van der Waals surface area contributed by atoms with Crippen LogP contribution in [0.4, 0.5) is 0 Å². The number of aromatic hydroxyl groups is 1. The van der Waals surface area contributed by atoms with Gasteiger partial charge in [-0.25, -0.2) is 4.98 Å². The van der Waals surface area contributed by atoms with E-state index in [9.17, 15) is 5.11 Å². The first-order valence-corrected chi connectivity index (χ1v) is 8.03. The third kappa shape index (κ3) is 3.37. The Bertz CT molecular complexity index is 780. The van der Waals surface area contributed by atoms with Crippen LogP contribution in [0.1, 0.15) is 38.2 Å². The number of hydrogen-bond acceptors (Lipinski definition) is 3. The second-order valence-electron chi connectivity index (χ2n) is 6.25. The van der Waals surface area contributed by atoms with E-state index in [0.29, 0.717) is 6.04 Å². The summed E-state index contributed by atoms with van der Waals surface area (Å²) in [5.41, 5.74) is 3.05. The zero-order chi connectivity index (χ0) is 16.4. The van der Waals surface area contributed by atoms with Gasteiger partial charge in [-0.15, -0.1) is 0 Å². The molecule has 23 heavy (non-hydrogen) atoms. The van der Waals surface area contributed by atoms with Gasteiger partial charge in [-0.2, -0.15) is 0 Å². The molecule has 1 unspecified atom stereocenters. The smallest absolute Gasteiger partial charge is 0.124 e. The first-order chi connectivity index (χ1) is 11.0. The highest BCUT2D eigenvalue weighted by Crippen LogP contribution is 2.26. The number of nitrogens with zero attached hydrogens (tertiary/aromatic N) is 2. The summed E-state index contributed by atoms with van der Waals surface area (Å²) in [6.45, 7) is 7.45. The van der Waals surface area contributed by atoms with Gasteiger partial charge in [0.05, 0.1) is 17.1 Å². The van der Waals surface area contributed by atoms with E-state index in [4.69, 9.17) is 4.98 Å². The second kappa shape index (κ2) is 6.42. The third-order valence-electron chi connectivity index (χ3n) is 4.25. The second-order valence-corrected chi connectivity index (χ2v) is 6.25. The van der Waals surface area contributed by atoms with Gasteiger partial charge >= 0.3 is 0 Å². The molecule has 1 heterocycles.